The minimum absolute atomic E-state index is 0.394. The summed E-state index contributed by atoms with van der Waals surface area (Å²) in [6.07, 6.45) is 3.74. The van der Waals surface area contributed by atoms with E-state index in [1.54, 1.807) is 0 Å². The van der Waals surface area contributed by atoms with Crippen LogP contribution < -0.4 is 5.32 Å². The standard InChI is InChI=1S/C11H17BrN2/c1-4-14-11(8(2)3)9-5-10(12)7-13-6-9/h5-8,11,14H,4H2,1-3H3. The molecule has 3 heteroatoms. The molecule has 0 fully saturated rings. The number of hydrogen-bond donors (Lipinski definition) is 1. The molecule has 0 radical (unpaired) electrons. The Morgan fingerprint density at radius 1 is 1.43 bits per heavy atom. The Balaban J connectivity index is 2.87. The van der Waals surface area contributed by atoms with Gasteiger partial charge in [-0.1, -0.05) is 20.8 Å². The van der Waals surface area contributed by atoms with Gasteiger partial charge < -0.3 is 5.32 Å². The maximum Gasteiger partial charge on any atom is 0.0410 e. The summed E-state index contributed by atoms with van der Waals surface area (Å²) in [6, 6.07) is 2.52. The van der Waals surface area contributed by atoms with E-state index in [0.717, 1.165) is 11.0 Å². The van der Waals surface area contributed by atoms with Gasteiger partial charge in [-0.3, -0.25) is 4.98 Å². The Kier molecular flexibility index (Phi) is 4.55. The van der Waals surface area contributed by atoms with Crippen LogP contribution in [-0.2, 0) is 0 Å². The van der Waals surface area contributed by atoms with Gasteiger partial charge in [0.1, 0.15) is 0 Å². The van der Waals surface area contributed by atoms with Crippen LogP contribution in [0.25, 0.3) is 0 Å². The lowest BCUT2D eigenvalue weighted by molar-refractivity contribution is 0.420. The molecule has 1 atom stereocenters. The van der Waals surface area contributed by atoms with Crippen molar-refractivity contribution in [1.82, 2.24) is 10.3 Å². The van der Waals surface area contributed by atoms with Gasteiger partial charge in [-0.05, 0) is 40.0 Å². The molecule has 1 heterocycles. The zero-order valence-corrected chi connectivity index (χ0v) is 10.5. The molecule has 1 aromatic rings. The minimum Gasteiger partial charge on any atom is -0.310 e. The molecule has 0 saturated heterocycles. The first kappa shape index (κ1) is 11.7. The van der Waals surface area contributed by atoms with Gasteiger partial charge in [-0.25, -0.2) is 0 Å². The van der Waals surface area contributed by atoms with Gasteiger partial charge in [0.25, 0.3) is 0 Å². The van der Waals surface area contributed by atoms with Crippen LogP contribution in [0.4, 0.5) is 0 Å². The Bertz CT molecular complexity index is 286. The fourth-order valence-electron chi connectivity index (χ4n) is 1.56. The van der Waals surface area contributed by atoms with E-state index in [0.29, 0.717) is 12.0 Å². The zero-order valence-electron chi connectivity index (χ0n) is 8.92. The Morgan fingerprint density at radius 2 is 2.14 bits per heavy atom. The van der Waals surface area contributed by atoms with Crippen molar-refractivity contribution in [2.24, 2.45) is 5.92 Å². The first-order valence-electron chi connectivity index (χ1n) is 4.99. The third kappa shape index (κ3) is 3.07. The van der Waals surface area contributed by atoms with E-state index in [2.05, 4.69) is 53.1 Å². The summed E-state index contributed by atoms with van der Waals surface area (Å²) in [4.78, 5) is 4.18. The van der Waals surface area contributed by atoms with Crippen LogP contribution in [0.3, 0.4) is 0 Å². The van der Waals surface area contributed by atoms with Crippen molar-refractivity contribution < 1.29 is 0 Å². The second kappa shape index (κ2) is 5.47. The fraction of sp³-hybridized carbons (Fsp3) is 0.545. The molecule has 0 aliphatic carbocycles. The molecule has 1 unspecified atom stereocenters. The van der Waals surface area contributed by atoms with Crippen molar-refractivity contribution in [3.63, 3.8) is 0 Å². The summed E-state index contributed by atoms with van der Waals surface area (Å²) >= 11 is 3.44. The number of hydrogen-bond acceptors (Lipinski definition) is 2. The lowest BCUT2D eigenvalue weighted by Crippen LogP contribution is -2.25. The molecule has 1 aromatic heterocycles. The van der Waals surface area contributed by atoms with E-state index in [-0.39, 0.29) is 0 Å². The van der Waals surface area contributed by atoms with Crippen molar-refractivity contribution in [3.05, 3.63) is 28.5 Å². The molecular formula is C11H17BrN2. The average Bonchev–Trinajstić information content (AvgIpc) is 2.13. The molecule has 0 spiro atoms. The van der Waals surface area contributed by atoms with E-state index < -0.39 is 0 Å². The van der Waals surface area contributed by atoms with Crippen LogP contribution in [0.5, 0.6) is 0 Å². The Morgan fingerprint density at radius 3 is 2.64 bits per heavy atom. The van der Waals surface area contributed by atoms with Crippen molar-refractivity contribution in [3.8, 4) is 0 Å². The Hall–Kier alpha value is -0.410. The van der Waals surface area contributed by atoms with Crippen molar-refractivity contribution in [2.45, 2.75) is 26.8 Å². The summed E-state index contributed by atoms with van der Waals surface area (Å²) in [6.45, 7) is 7.54. The molecule has 78 valence electrons. The first-order valence-corrected chi connectivity index (χ1v) is 5.78. The van der Waals surface area contributed by atoms with Gasteiger partial charge in [0.05, 0.1) is 0 Å². The monoisotopic (exact) mass is 256 g/mol. The molecule has 0 amide bonds. The van der Waals surface area contributed by atoms with E-state index in [1.165, 1.54) is 5.56 Å². The quantitative estimate of drug-likeness (QED) is 0.896. The molecular weight excluding hydrogens is 240 g/mol. The minimum atomic E-state index is 0.394. The number of aromatic nitrogens is 1. The summed E-state index contributed by atoms with van der Waals surface area (Å²) in [5, 5.41) is 3.46. The lowest BCUT2D eigenvalue weighted by atomic mass is 9.97. The molecule has 0 aliphatic heterocycles. The smallest absolute Gasteiger partial charge is 0.0410 e. The molecule has 0 aliphatic rings. The third-order valence-corrected chi connectivity index (χ3v) is 2.61. The van der Waals surface area contributed by atoms with E-state index >= 15 is 0 Å². The van der Waals surface area contributed by atoms with Crippen LogP contribution in [0.2, 0.25) is 0 Å². The van der Waals surface area contributed by atoms with Crippen LogP contribution in [-0.4, -0.2) is 11.5 Å². The highest BCUT2D eigenvalue weighted by Crippen LogP contribution is 2.22. The number of rotatable bonds is 4. The summed E-state index contributed by atoms with van der Waals surface area (Å²) < 4.78 is 1.04. The molecule has 14 heavy (non-hydrogen) atoms. The second-order valence-electron chi connectivity index (χ2n) is 3.72. The molecule has 0 saturated carbocycles. The van der Waals surface area contributed by atoms with Gasteiger partial charge >= 0.3 is 0 Å². The predicted molar refractivity (Wildman–Crippen MR) is 63.2 cm³/mol. The molecule has 0 bridgehead atoms. The molecule has 1 N–H and O–H groups in total. The highest BCUT2D eigenvalue weighted by molar-refractivity contribution is 9.10. The summed E-state index contributed by atoms with van der Waals surface area (Å²) in [7, 11) is 0. The van der Waals surface area contributed by atoms with E-state index in [1.807, 2.05) is 12.4 Å². The predicted octanol–water partition coefficient (Wildman–Crippen LogP) is 3.15. The van der Waals surface area contributed by atoms with Crippen LogP contribution in [0, 0.1) is 5.92 Å². The van der Waals surface area contributed by atoms with Crippen LogP contribution in [0.1, 0.15) is 32.4 Å². The van der Waals surface area contributed by atoms with Crippen molar-refractivity contribution in [2.75, 3.05) is 6.54 Å². The molecule has 0 aromatic carbocycles. The van der Waals surface area contributed by atoms with E-state index in [9.17, 15) is 0 Å². The number of halogens is 1. The van der Waals surface area contributed by atoms with Crippen molar-refractivity contribution >= 4 is 15.9 Å². The van der Waals surface area contributed by atoms with Gasteiger partial charge in [-0.15, -0.1) is 0 Å². The normalized spacial score (nSPS) is 13.2. The fourth-order valence-corrected chi connectivity index (χ4v) is 1.94. The highest BCUT2D eigenvalue weighted by atomic mass is 79.9. The topological polar surface area (TPSA) is 24.9 Å². The highest BCUT2D eigenvalue weighted by Gasteiger charge is 2.14. The average molecular weight is 257 g/mol. The third-order valence-electron chi connectivity index (χ3n) is 2.18. The lowest BCUT2D eigenvalue weighted by Gasteiger charge is -2.21. The summed E-state index contributed by atoms with van der Waals surface area (Å²) in [5.74, 6) is 0.575. The SMILES string of the molecule is CCNC(c1cncc(Br)c1)C(C)C. The van der Waals surface area contributed by atoms with Gasteiger partial charge in [0.15, 0.2) is 0 Å². The van der Waals surface area contributed by atoms with E-state index in [4.69, 9.17) is 0 Å². The summed E-state index contributed by atoms with van der Waals surface area (Å²) in [5.41, 5.74) is 1.25. The molecule has 2 nitrogen and oxygen atoms in total. The Labute approximate surface area is 94.3 Å². The van der Waals surface area contributed by atoms with Gasteiger partial charge in [0, 0.05) is 22.9 Å². The maximum absolute atomic E-state index is 4.18. The van der Waals surface area contributed by atoms with Crippen molar-refractivity contribution in [1.29, 1.82) is 0 Å². The second-order valence-corrected chi connectivity index (χ2v) is 4.63. The molecule has 1 rings (SSSR count). The number of nitrogens with one attached hydrogen (secondary N) is 1. The van der Waals surface area contributed by atoms with Gasteiger partial charge in [-0.2, -0.15) is 0 Å². The first-order chi connectivity index (χ1) is 6.65. The maximum atomic E-state index is 4.18. The van der Waals surface area contributed by atoms with Gasteiger partial charge in [0.2, 0.25) is 0 Å². The number of pyridine rings is 1. The van der Waals surface area contributed by atoms with Crippen LogP contribution in [0.15, 0.2) is 22.9 Å². The number of nitrogens with zero attached hydrogens (tertiary/aromatic N) is 1. The largest absolute Gasteiger partial charge is 0.310 e. The zero-order chi connectivity index (χ0) is 10.6. The van der Waals surface area contributed by atoms with Crippen LogP contribution >= 0.6 is 15.9 Å².